The molecule has 0 fully saturated rings. The van der Waals surface area contributed by atoms with Crippen LogP contribution in [0.3, 0.4) is 0 Å². The zero-order chi connectivity index (χ0) is 18.7. The third-order valence-corrected chi connectivity index (χ3v) is 4.21. The molecule has 6 nitrogen and oxygen atoms in total. The molecule has 1 aromatic carbocycles. The topological polar surface area (TPSA) is 84.5 Å². The first-order valence-corrected chi connectivity index (χ1v) is 9.74. The highest BCUT2D eigenvalue weighted by Gasteiger charge is 2.24. The number of rotatable bonds is 10. The molecule has 0 saturated carbocycles. The predicted octanol–water partition coefficient (Wildman–Crippen LogP) is 2.26. The van der Waals surface area contributed by atoms with Crippen LogP contribution in [0.25, 0.3) is 0 Å². The third-order valence-electron chi connectivity index (χ3n) is 3.24. The van der Waals surface area contributed by atoms with Crippen molar-refractivity contribution in [1.29, 1.82) is 0 Å². The lowest BCUT2D eigenvalue weighted by Crippen LogP contribution is -2.43. The van der Waals surface area contributed by atoms with Crippen molar-refractivity contribution in [2.45, 2.75) is 25.8 Å². The van der Waals surface area contributed by atoms with Crippen molar-refractivity contribution < 1.29 is 19.1 Å². The highest BCUT2D eigenvalue weighted by atomic mass is 35.5. The lowest BCUT2D eigenvalue weighted by molar-refractivity contribution is -0.150. The lowest BCUT2D eigenvalue weighted by atomic mass is 10.1. The van der Waals surface area contributed by atoms with E-state index in [9.17, 15) is 14.4 Å². The molecule has 138 valence electrons. The summed E-state index contributed by atoms with van der Waals surface area (Å²) in [6.45, 7) is 2.08. The Morgan fingerprint density at radius 1 is 1.28 bits per heavy atom. The average molecular weight is 387 g/mol. The third kappa shape index (κ3) is 7.79. The minimum absolute atomic E-state index is 0.284. The molecule has 0 spiro atoms. The maximum Gasteiger partial charge on any atom is 0.329 e. The molecule has 2 amide bonds. The molecule has 25 heavy (non-hydrogen) atoms. The number of esters is 1. The molecular weight excluding hydrogens is 364 g/mol. The Kier molecular flexibility index (Phi) is 10.0. The van der Waals surface area contributed by atoms with Gasteiger partial charge in [-0.15, -0.1) is 0 Å². The molecule has 0 aliphatic rings. The van der Waals surface area contributed by atoms with E-state index in [4.69, 9.17) is 16.3 Å². The van der Waals surface area contributed by atoms with Crippen LogP contribution in [0, 0.1) is 0 Å². The first-order valence-electron chi connectivity index (χ1n) is 7.97. The number of ether oxygens (including phenoxy) is 1. The average Bonchev–Trinajstić information content (AvgIpc) is 2.61. The van der Waals surface area contributed by atoms with Crippen molar-refractivity contribution >= 4 is 41.1 Å². The number of carbonyl (C=O) groups is 3. The minimum atomic E-state index is -0.838. The number of benzene rings is 1. The Morgan fingerprint density at radius 3 is 2.64 bits per heavy atom. The van der Waals surface area contributed by atoms with Gasteiger partial charge in [0.1, 0.15) is 6.04 Å². The zero-order valence-electron chi connectivity index (χ0n) is 14.3. The Balaban J connectivity index is 2.66. The Hall–Kier alpha value is -1.73. The molecule has 1 atom stereocenters. The number of halogens is 1. The van der Waals surface area contributed by atoms with Crippen LogP contribution in [0.5, 0.6) is 0 Å². The lowest BCUT2D eigenvalue weighted by Gasteiger charge is -2.17. The second kappa shape index (κ2) is 11.8. The van der Waals surface area contributed by atoms with Gasteiger partial charge in [-0.2, -0.15) is 11.8 Å². The first-order chi connectivity index (χ1) is 12.0. The van der Waals surface area contributed by atoms with E-state index in [0.717, 1.165) is 6.42 Å². The molecule has 8 heteroatoms. The summed E-state index contributed by atoms with van der Waals surface area (Å²) in [4.78, 5) is 36.1. The van der Waals surface area contributed by atoms with Gasteiger partial charge in [-0.05, 0) is 37.0 Å². The molecule has 0 aromatic heterocycles. The van der Waals surface area contributed by atoms with Crippen LogP contribution in [-0.2, 0) is 14.3 Å². The highest BCUT2D eigenvalue weighted by molar-refractivity contribution is 7.98. The van der Waals surface area contributed by atoms with E-state index in [1.165, 1.54) is 0 Å². The van der Waals surface area contributed by atoms with Crippen molar-refractivity contribution in [3.63, 3.8) is 0 Å². The minimum Gasteiger partial charge on any atom is -0.454 e. The van der Waals surface area contributed by atoms with Crippen molar-refractivity contribution in [3.05, 3.63) is 34.9 Å². The maximum atomic E-state index is 12.3. The Morgan fingerprint density at radius 2 is 2.00 bits per heavy atom. The van der Waals surface area contributed by atoms with Crippen molar-refractivity contribution in [1.82, 2.24) is 10.6 Å². The molecule has 2 N–H and O–H groups in total. The number of hydrogen-bond acceptors (Lipinski definition) is 5. The molecule has 1 aromatic rings. The smallest absolute Gasteiger partial charge is 0.329 e. The van der Waals surface area contributed by atoms with Gasteiger partial charge in [0, 0.05) is 6.54 Å². The molecular formula is C17H23ClN2O4S. The van der Waals surface area contributed by atoms with Gasteiger partial charge in [-0.3, -0.25) is 9.59 Å². The molecule has 1 rings (SSSR count). The second-order valence-electron chi connectivity index (χ2n) is 5.25. The molecule has 0 radical (unpaired) electrons. The van der Waals surface area contributed by atoms with Crippen molar-refractivity contribution in [3.8, 4) is 0 Å². The van der Waals surface area contributed by atoms with E-state index in [-0.39, 0.29) is 18.1 Å². The van der Waals surface area contributed by atoms with Gasteiger partial charge in [-0.25, -0.2) is 4.79 Å². The summed E-state index contributed by atoms with van der Waals surface area (Å²) in [5.41, 5.74) is 0.284. The normalized spacial score (nSPS) is 11.5. The number of nitrogens with one attached hydrogen (secondary N) is 2. The summed E-state index contributed by atoms with van der Waals surface area (Å²) < 4.78 is 5.02. The summed E-state index contributed by atoms with van der Waals surface area (Å²) in [5, 5.41) is 5.55. The van der Waals surface area contributed by atoms with E-state index in [2.05, 4.69) is 10.6 Å². The molecule has 0 aliphatic heterocycles. The molecule has 0 bridgehead atoms. The van der Waals surface area contributed by atoms with E-state index >= 15 is 0 Å². The number of hydrogen-bond donors (Lipinski definition) is 2. The van der Waals surface area contributed by atoms with Crippen molar-refractivity contribution in [2.75, 3.05) is 25.2 Å². The van der Waals surface area contributed by atoms with Crippen molar-refractivity contribution in [2.24, 2.45) is 0 Å². The van der Waals surface area contributed by atoms with E-state index in [0.29, 0.717) is 23.7 Å². The fourth-order valence-electron chi connectivity index (χ4n) is 1.92. The summed E-state index contributed by atoms with van der Waals surface area (Å²) in [5.74, 6) is -0.800. The summed E-state index contributed by atoms with van der Waals surface area (Å²) in [7, 11) is 0. The van der Waals surface area contributed by atoms with E-state index < -0.39 is 17.9 Å². The van der Waals surface area contributed by atoms with Crippen LogP contribution in [0.1, 0.15) is 30.1 Å². The number of amides is 2. The van der Waals surface area contributed by atoms with Gasteiger partial charge in [-0.1, -0.05) is 30.7 Å². The standard InChI is InChI=1S/C17H23ClN2O4S/c1-3-9-19-15(21)11-24-17(23)14(8-10-25-2)20-16(22)12-6-4-5-7-13(12)18/h4-7,14H,3,8-11H2,1-2H3,(H,19,21)(H,20,22)/t14-/m0/s1. The quantitative estimate of drug-likeness (QED) is 0.602. The van der Waals surface area contributed by atoms with Gasteiger partial charge in [0.2, 0.25) is 0 Å². The van der Waals surface area contributed by atoms with Crippen LogP contribution in [0.4, 0.5) is 0 Å². The Labute approximate surface area is 157 Å². The van der Waals surface area contributed by atoms with Gasteiger partial charge in [0.05, 0.1) is 10.6 Å². The highest BCUT2D eigenvalue weighted by Crippen LogP contribution is 2.15. The van der Waals surface area contributed by atoms with Crippen LogP contribution in [-0.4, -0.2) is 49.0 Å². The monoisotopic (exact) mass is 386 g/mol. The summed E-state index contributed by atoms with van der Waals surface area (Å²) in [6, 6.07) is 5.74. The van der Waals surface area contributed by atoms with E-state index in [1.54, 1.807) is 36.0 Å². The van der Waals surface area contributed by atoms with Crippen LogP contribution in [0.15, 0.2) is 24.3 Å². The predicted molar refractivity (Wildman–Crippen MR) is 100.0 cm³/mol. The van der Waals surface area contributed by atoms with Gasteiger partial charge in [0.25, 0.3) is 11.8 Å². The fourth-order valence-corrected chi connectivity index (χ4v) is 2.61. The van der Waals surface area contributed by atoms with Crippen LogP contribution < -0.4 is 10.6 Å². The largest absolute Gasteiger partial charge is 0.454 e. The van der Waals surface area contributed by atoms with E-state index in [1.807, 2.05) is 13.2 Å². The first kappa shape index (κ1) is 21.3. The van der Waals surface area contributed by atoms with Gasteiger partial charge < -0.3 is 15.4 Å². The van der Waals surface area contributed by atoms with Gasteiger partial charge in [0.15, 0.2) is 6.61 Å². The number of thioether (sulfide) groups is 1. The van der Waals surface area contributed by atoms with Crippen LogP contribution >= 0.6 is 23.4 Å². The molecule has 0 heterocycles. The zero-order valence-corrected chi connectivity index (χ0v) is 15.9. The molecule has 0 unspecified atom stereocenters. The molecule has 0 aliphatic carbocycles. The summed E-state index contributed by atoms with van der Waals surface area (Å²) >= 11 is 7.55. The fraction of sp³-hybridized carbons (Fsp3) is 0.471. The Bertz CT molecular complexity index is 598. The second-order valence-corrected chi connectivity index (χ2v) is 6.64. The van der Waals surface area contributed by atoms with Crippen LogP contribution in [0.2, 0.25) is 5.02 Å². The summed E-state index contributed by atoms with van der Waals surface area (Å²) in [6.07, 6.45) is 3.09. The molecule has 0 saturated heterocycles. The SMILES string of the molecule is CCCNC(=O)COC(=O)[C@H](CCSC)NC(=O)c1ccccc1Cl. The van der Waals surface area contributed by atoms with Gasteiger partial charge >= 0.3 is 5.97 Å². The maximum absolute atomic E-state index is 12.3. The number of carbonyl (C=O) groups excluding carboxylic acids is 3.